The number of morpholine rings is 1. The van der Waals surface area contributed by atoms with Gasteiger partial charge >= 0.3 is 0 Å². The molecule has 2 aromatic carbocycles. The highest BCUT2D eigenvalue weighted by molar-refractivity contribution is 5.96. The Labute approximate surface area is 233 Å². The van der Waals surface area contributed by atoms with Crippen molar-refractivity contribution < 1.29 is 14.3 Å². The van der Waals surface area contributed by atoms with E-state index in [0.29, 0.717) is 42.6 Å². The SMILES string of the molecule is COc1cc(C(=O)NC(C)(C)CN2CCOCC2)ccc1Nc1nccc(Nc2c(NC(C)(C)C)c(=O)c2=O)n1. The Hall–Kier alpha value is -4.03. The Morgan fingerprint density at radius 1 is 1.02 bits per heavy atom. The highest BCUT2D eigenvalue weighted by Gasteiger charge is 2.27. The molecule has 0 spiro atoms. The summed E-state index contributed by atoms with van der Waals surface area (Å²) < 4.78 is 10.9. The first-order chi connectivity index (χ1) is 18.8. The minimum Gasteiger partial charge on any atom is -0.495 e. The molecule has 0 aliphatic carbocycles. The first kappa shape index (κ1) is 29.0. The van der Waals surface area contributed by atoms with Crippen molar-refractivity contribution in [3.05, 3.63) is 56.5 Å². The van der Waals surface area contributed by atoms with Gasteiger partial charge in [0, 0.05) is 42.5 Å². The molecule has 40 heavy (non-hydrogen) atoms. The monoisotopic (exact) mass is 551 g/mol. The lowest BCUT2D eigenvalue weighted by atomic mass is 10.0. The average Bonchev–Trinajstić information content (AvgIpc) is 2.90. The lowest BCUT2D eigenvalue weighted by molar-refractivity contribution is 0.0269. The number of benzene rings is 1. The van der Waals surface area contributed by atoms with E-state index in [1.807, 2.05) is 34.6 Å². The highest BCUT2D eigenvalue weighted by Crippen LogP contribution is 2.29. The quantitative estimate of drug-likeness (QED) is 0.276. The summed E-state index contributed by atoms with van der Waals surface area (Å²) in [5.41, 5.74) is -0.616. The van der Waals surface area contributed by atoms with Crippen molar-refractivity contribution in [1.29, 1.82) is 0 Å². The average molecular weight is 552 g/mol. The lowest BCUT2D eigenvalue weighted by Gasteiger charge is -2.35. The molecule has 214 valence electrons. The Morgan fingerprint density at radius 3 is 2.40 bits per heavy atom. The molecule has 3 aromatic rings. The molecule has 0 bridgehead atoms. The number of amides is 1. The fraction of sp³-hybridized carbons (Fsp3) is 0.464. The number of hydrogen-bond acceptors (Lipinski definition) is 11. The number of methoxy groups -OCH3 is 1. The van der Waals surface area contributed by atoms with Crippen molar-refractivity contribution in [3.63, 3.8) is 0 Å². The van der Waals surface area contributed by atoms with Gasteiger partial charge in [0.1, 0.15) is 22.9 Å². The van der Waals surface area contributed by atoms with E-state index in [2.05, 4.69) is 36.1 Å². The predicted molar refractivity (Wildman–Crippen MR) is 155 cm³/mol. The first-order valence-corrected chi connectivity index (χ1v) is 13.1. The van der Waals surface area contributed by atoms with Crippen LogP contribution in [-0.4, -0.2) is 71.8 Å². The van der Waals surface area contributed by atoms with Gasteiger partial charge in [0.15, 0.2) is 0 Å². The van der Waals surface area contributed by atoms with Gasteiger partial charge in [0.2, 0.25) is 5.95 Å². The molecule has 1 aromatic heterocycles. The smallest absolute Gasteiger partial charge is 0.253 e. The molecule has 1 amide bonds. The summed E-state index contributed by atoms with van der Waals surface area (Å²) in [6.45, 7) is 13.5. The predicted octanol–water partition coefficient (Wildman–Crippen LogP) is 2.62. The van der Waals surface area contributed by atoms with Gasteiger partial charge in [-0.25, -0.2) is 4.98 Å². The van der Waals surface area contributed by atoms with Gasteiger partial charge in [-0.15, -0.1) is 0 Å². The Morgan fingerprint density at radius 2 is 1.73 bits per heavy atom. The number of carbonyl (C=O) groups is 1. The molecule has 2 heterocycles. The molecule has 12 heteroatoms. The number of hydrogen-bond donors (Lipinski definition) is 4. The van der Waals surface area contributed by atoms with E-state index in [9.17, 15) is 14.4 Å². The standard InChI is InChI=1S/C28H37N7O5/c1-27(2,3)33-22-21(23(36)24(22)37)31-20-9-10-29-26(32-20)30-18-8-7-17(15-19(18)39-6)25(38)34-28(4,5)16-35-11-13-40-14-12-35/h7-10,15,33H,11-14,16H2,1-6H3,(H,34,38)(H2,29,30,31,32). The molecule has 1 saturated heterocycles. The van der Waals surface area contributed by atoms with Crippen LogP contribution in [0.4, 0.5) is 28.8 Å². The summed E-state index contributed by atoms with van der Waals surface area (Å²) in [6.07, 6.45) is 1.52. The zero-order valence-corrected chi connectivity index (χ0v) is 23.8. The van der Waals surface area contributed by atoms with E-state index in [4.69, 9.17) is 9.47 Å². The molecule has 4 rings (SSSR count). The third-order valence-electron chi connectivity index (χ3n) is 6.20. The number of rotatable bonds is 10. The molecule has 0 unspecified atom stereocenters. The molecule has 0 atom stereocenters. The van der Waals surface area contributed by atoms with Crippen LogP contribution in [0.2, 0.25) is 0 Å². The maximum absolute atomic E-state index is 13.1. The van der Waals surface area contributed by atoms with Gasteiger partial charge in [-0.2, -0.15) is 4.98 Å². The minimum absolute atomic E-state index is 0.161. The molecule has 1 aliphatic rings. The second-order valence-electron chi connectivity index (χ2n) is 11.4. The number of nitrogens with one attached hydrogen (secondary N) is 4. The molecular weight excluding hydrogens is 514 g/mol. The van der Waals surface area contributed by atoms with E-state index >= 15 is 0 Å². The van der Waals surface area contributed by atoms with Crippen LogP contribution in [0, 0.1) is 0 Å². The highest BCUT2D eigenvalue weighted by atomic mass is 16.5. The summed E-state index contributed by atoms with van der Waals surface area (Å²) in [5, 5.41) is 12.2. The zero-order valence-electron chi connectivity index (χ0n) is 23.8. The van der Waals surface area contributed by atoms with Crippen molar-refractivity contribution in [2.75, 3.05) is 55.9 Å². The third kappa shape index (κ3) is 7.13. The van der Waals surface area contributed by atoms with Crippen molar-refractivity contribution in [2.24, 2.45) is 0 Å². The second-order valence-corrected chi connectivity index (χ2v) is 11.4. The summed E-state index contributed by atoms with van der Waals surface area (Å²) in [5.74, 6) is 0.785. The van der Waals surface area contributed by atoms with E-state index in [1.54, 1.807) is 24.3 Å². The van der Waals surface area contributed by atoms with Gasteiger partial charge in [-0.3, -0.25) is 19.3 Å². The maximum Gasteiger partial charge on any atom is 0.253 e. The van der Waals surface area contributed by atoms with Crippen molar-refractivity contribution in [2.45, 2.75) is 45.7 Å². The third-order valence-corrected chi connectivity index (χ3v) is 6.20. The summed E-state index contributed by atoms with van der Waals surface area (Å²) in [7, 11) is 1.51. The molecule has 1 aliphatic heterocycles. The van der Waals surface area contributed by atoms with Gasteiger partial charge in [-0.05, 0) is 58.9 Å². The normalized spacial score (nSPS) is 14.6. The maximum atomic E-state index is 13.1. The Kier molecular flexibility index (Phi) is 8.40. The van der Waals surface area contributed by atoms with Gasteiger partial charge in [-0.1, -0.05) is 0 Å². The number of ether oxygens (including phenoxy) is 2. The van der Waals surface area contributed by atoms with Crippen LogP contribution in [0.15, 0.2) is 40.1 Å². The first-order valence-electron chi connectivity index (χ1n) is 13.1. The summed E-state index contributed by atoms with van der Waals surface area (Å²) >= 11 is 0. The molecular formula is C28H37N7O5. The summed E-state index contributed by atoms with van der Waals surface area (Å²) in [4.78, 5) is 48.2. The minimum atomic E-state index is -0.608. The van der Waals surface area contributed by atoms with E-state index in [0.717, 1.165) is 13.1 Å². The molecule has 4 N–H and O–H groups in total. The van der Waals surface area contributed by atoms with Crippen LogP contribution in [0.25, 0.3) is 0 Å². The van der Waals surface area contributed by atoms with Gasteiger partial charge < -0.3 is 30.7 Å². The fourth-order valence-corrected chi connectivity index (χ4v) is 4.42. The largest absolute Gasteiger partial charge is 0.495 e. The number of anilines is 5. The Bertz CT molecular complexity index is 1430. The Balaban J connectivity index is 1.45. The zero-order chi connectivity index (χ0) is 29.1. The van der Waals surface area contributed by atoms with Crippen LogP contribution in [0.1, 0.15) is 45.0 Å². The molecule has 1 fully saturated rings. The topological polar surface area (TPSA) is 147 Å². The van der Waals surface area contributed by atoms with Crippen LogP contribution in [0.5, 0.6) is 5.75 Å². The van der Waals surface area contributed by atoms with Crippen LogP contribution in [0.3, 0.4) is 0 Å². The van der Waals surface area contributed by atoms with E-state index in [1.165, 1.54) is 13.3 Å². The van der Waals surface area contributed by atoms with E-state index in [-0.39, 0.29) is 23.2 Å². The van der Waals surface area contributed by atoms with Crippen LogP contribution in [-0.2, 0) is 4.74 Å². The van der Waals surface area contributed by atoms with Crippen LogP contribution < -0.4 is 36.9 Å². The van der Waals surface area contributed by atoms with Crippen molar-refractivity contribution in [3.8, 4) is 5.75 Å². The van der Waals surface area contributed by atoms with Crippen LogP contribution >= 0.6 is 0 Å². The van der Waals surface area contributed by atoms with Gasteiger partial charge in [0.05, 0.1) is 26.0 Å². The fourth-order valence-electron chi connectivity index (χ4n) is 4.42. The second kappa shape index (κ2) is 11.6. The molecule has 0 saturated carbocycles. The van der Waals surface area contributed by atoms with Crippen molar-refractivity contribution >= 4 is 34.7 Å². The molecule has 0 radical (unpaired) electrons. The number of nitrogens with zero attached hydrogens (tertiary/aromatic N) is 3. The number of aromatic nitrogens is 2. The van der Waals surface area contributed by atoms with E-state index < -0.39 is 21.9 Å². The lowest BCUT2D eigenvalue weighted by Crippen LogP contribution is -2.53. The van der Waals surface area contributed by atoms with Crippen molar-refractivity contribution in [1.82, 2.24) is 20.2 Å². The van der Waals surface area contributed by atoms with Gasteiger partial charge in [0.25, 0.3) is 16.8 Å². The molecule has 12 nitrogen and oxygen atoms in total. The summed E-state index contributed by atoms with van der Waals surface area (Å²) in [6, 6.07) is 6.65. The number of carbonyl (C=O) groups excluding carboxylic acids is 1.